The summed E-state index contributed by atoms with van der Waals surface area (Å²) in [5, 5.41) is 14.4. The fraction of sp³-hybridized carbons (Fsp3) is 0.600. The first-order chi connectivity index (χ1) is 10.1. The van der Waals surface area contributed by atoms with Crippen molar-refractivity contribution in [1.82, 2.24) is 4.90 Å². The van der Waals surface area contributed by atoms with Gasteiger partial charge in [-0.1, -0.05) is 13.0 Å². The summed E-state index contributed by atoms with van der Waals surface area (Å²) in [7, 11) is 2.06. The second kappa shape index (κ2) is 7.26. The zero-order chi connectivity index (χ0) is 15.2. The van der Waals surface area contributed by atoms with Crippen LogP contribution in [0.15, 0.2) is 18.2 Å². The molecule has 1 aliphatic rings. The number of anilines is 1. The number of nitrogens with one attached hydrogen (secondary N) is 1. The van der Waals surface area contributed by atoms with Crippen LogP contribution in [0.4, 0.5) is 11.4 Å². The molecule has 2 rings (SSSR count). The molecule has 0 amide bonds. The van der Waals surface area contributed by atoms with Crippen molar-refractivity contribution in [2.45, 2.75) is 32.2 Å². The molecule has 0 bridgehead atoms. The Bertz CT molecular complexity index is 489. The van der Waals surface area contributed by atoms with E-state index in [-0.39, 0.29) is 10.6 Å². The van der Waals surface area contributed by atoms with Crippen LogP contribution in [-0.2, 0) is 0 Å². The molecule has 0 unspecified atom stereocenters. The fourth-order valence-electron chi connectivity index (χ4n) is 2.23. The molecule has 1 aliphatic carbocycles. The first kappa shape index (κ1) is 15.6. The second-order valence-electron chi connectivity index (χ2n) is 5.40. The van der Waals surface area contributed by atoms with Crippen molar-refractivity contribution in [2.24, 2.45) is 0 Å². The van der Waals surface area contributed by atoms with Crippen molar-refractivity contribution in [3.63, 3.8) is 0 Å². The normalized spacial score (nSPS) is 14.2. The lowest BCUT2D eigenvalue weighted by Gasteiger charge is -2.16. The predicted molar refractivity (Wildman–Crippen MR) is 83.0 cm³/mol. The molecule has 1 N–H and O–H groups in total. The van der Waals surface area contributed by atoms with Gasteiger partial charge in [-0.2, -0.15) is 0 Å². The molecule has 0 aliphatic heterocycles. The maximum absolute atomic E-state index is 11.3. The molecule has 116 valence electrons. The highest BCUT2D eigenvalue weighted by molar-refractivity contribution is 5.68. The molecule has 0 saturated heterocycles. The Morgan fingerprint density at radius 3 is 2.86 bits per heavy atom. The maximum atomic E-state index is 11.3. The van der Waals surface area contributed by atoms with E-state index in [9.17, 15) is 10.1 Å². The summed E-state index contributed by atoms with van der Waals surface area (Å²) in [6.07, 6.45) is 3.40. The summed E-state index contributed by atoms with van der Waals surface area (Å²) in [5.74, 6) is 0.338. The quantitative estimate of drug-likeness (QED) is 0.560. The van der Waals surface area contributed by atoms with Crippen LogP contribution < -0.4 is 10.1 Å². The summed E-state index contributed by atoms with van der Waals surface area (Å²) < 4.78 is 5.64. The first-order valence-electron chi connectivity index (χ1n) is 7.47. The summed E-state index contributed by atoms with van der Waals surface area (Å²) in [6.45, 7) is 3.97. The number of hydrogen-bond acceptors (Lipinski definition) is 5. The number of para-hydroxylation sites is 1. The standard InChI is InChI=1S/C15H23N3O3/c1-3-9-16-13-5-4-6-14(15(13)18(19)20)21-11-10-17(2)12-7-8-12/h4-6,12,16H,3,7-11H2,1-2H3. The Morgan fingerprint density at radius 2 is 2.24 bits per heavy atom. The number of nitro benzene ring substituents is 1. The summed E-state index contributed by atoms with van der Waals surface area (Å²) >= 11 is 0. The van der Waals surface area contributed by atoms with E-state index >= 15 is 0 Å². The monoisotopic (exact) mass is 293 g/mol. The van der Waals surface area contributed by atoms with Crippen molar-refractivity contribution >= 4 is 11.4 Å². The van der Waals surface area contributed by atoms with Gasteiger partial charge in [-0.15, -0.1) is 0 Å². The van der Waals surface area contributed by atoms with E-state index in [0.717, 1.165) is 13.0 Å². The zero-order valence-corrected chi connectivity index (χ0v) is 12.7. The molecular formula is C15H23N3O3. The highest BCUT2D eigenvalue weighted by Crippen LogP contribution is 2.34. The smallest absolute Gasteiger partial charge is 0.333 e. The van der Waals surface area contributed by atoms with Crippen LogP contribution in [-0.4, -0.2) is 42.6 Å². The van der Waals surface area contributed by atoms with Crippen molar-refractivity contribution in [2.75, 3.05) is 32.1 Å². The van der Waals surface area contributed by atoms with Gasteiger partial charge >= 0.3 is 5.69 Å². The van der Waals surface area contributed by atoms with Gasteiger partial charge in [0.2, 0.25) is 0 Å². The average Bonchev–Trinajstić information content (AvgIpc) is 3.29. The first-order valence-corrected chi connectivity index (χ1v) is 7.47. The molecule has 0 radical (unpaired) electrons. The Labute approximate surface area is 125 Å². The second-order valence-corrected chi connectivity index (χ2v) is 5.40. The Hall–Kier alpha value is -1.82. The molecule has 1 fully saturated rings. The summed E-state index contributed by atoms with van der Waals surface area (Å²) in [4.78, 5) is 13.2. The third-order valence-electron chi connectivity index (χ3n) is 3.62. The van der Waals surface area contributed by atoms with Gasteiger partial charge in [0, 0.05) is 19.1 Å². The van der Waals surface area contributed by atoms with Gasteiger partial charge in [-0.25, -0.2) is 0 Å². The van der Waals surface area contributed by atoms with E-state index in [1.54, 1.807) is 18.2 Å². The minimum absolute atomic E-state index is 0.0278. The molecule has 6 heteroatoms. The maximum Gasteiger partial charge on any atom is 0.333 e. The minimum atomic E-state index is -0.377. The van der Waals surface area contributed by atoms with Gasteiger partial charge < -0.3 is 15.0 Å². The predicted octanol–water partition coefficient (Wildman–Crippen LogP) is 2.89. The van der Waals surface area contributed by atoms with Crippen molar-refractivity contribution < 1.29 is 9.66 Å². The van der Waals surface area contributed by atoms with Gasteiger partial charge in [0.05, 0.1) is 4.92 Å². The number of nitrogens with zero attached hydrogens (tertiary/aromatic N) is 2. The lowest BCUT2D eigenvalue weighted by molar-refractivity contribution is -0.385. The molecular weight excluding hydrogens is 270 g/mol. The molecule has 0 heterocycles. The van der Waals surface area contributed by atoms with E-state index in [1.165, 1.54) is 12.8 Å². The van der Waals surface area contributed by atoms with E-state index < -0.39 is 0 Å². The topological polar surface area (TPSA) is 67.6 Å². The summed E-state index contributed by atoms with van der Waals surface area (Å²) in [6, 6.07) is 5.83. The molecule has 21 heavy (non-hydrogen) atoms. The number of hydrogen-bond donors (Lipinski definition) is 1. The van der Waals surface area contributed by atoms with E-state index in [1.807, 2.05) is 6.92 Å². The lowest BCUT2D eigenvalue weighted by Crippen LogP contribution is -2.26. The molecule has 0 atom stereocenters. The highest BCUT2D eigenvalue weighted by atomic mass is 16.6. The molecule has 1 saturated carbocycles. The third-order valence-corrected chi connectivity index (χ3v) is 3.62. The molecule has 0 spiro atoms. The largest absolute Gasteiger partial charge is 0.485 e. The Kier molecular flexibility index (Phi) is 5.38. The van der Waals surface area contributed by atoms with Crippen LogP contribution >= 0.6 is 0 Å². The molecule has 1 aromatic rings. The molecule has 1 aromatic carbocycles. The van der Waals surface area contributed by atoms with E-state index in [2.05, 4.69) is 17.3 Å². The van der Waals surface area contributed by atoms with Gasteiger partial charge in [-0.3, -0.25) is 10.1 Å². The van der Waals surface area contributed by atoms with Crippen LogP contribution in [0, 0.1) is 10.1 Å². The van der Waals surface area contributed by atoms with Crippen LogP contribution in [0.25, 0.3) is 0 Å². The van der Waals surface area contributed by atoms with Crippen molar-refractivity contribution in [3.8, 4) is 5.75 Å². The average molecular weight is 293 g/mol. The number of nitro groups is 1. The minimum Gasteiger partial charge on any atom is -0.485 e. The van der Waals surface area contributed by atoms with Crippen LogP contribution in [0.2, 0.25) is 0 Å². The molecule has 6 nitrogen and oxygen atoms in total. The summed E-state index contributed by atoms with van der Waals surface area (Å²) in [5.41, 5.74) is 0.551. The van der Waals surface area contributed by atoms with Gasteiger partial charge in [0.15, 0.2) is 5.75 Å². The van der Waals surface area contributed by atoms with Crippen LogP contribution in [0.5, 0.6) is 5.75 Å². The van der Waals surface area contributed by atoms with Crippen LogP contribution in [0.3, 0.4) is 0 Å². The van der Waals surface area contributed by atoms with Crippen molar-refractivity contribution in [1.29, 1.82) is 0 Å². The van der Waals surface area contributed by atoms with E-state index in [0.29, 0.717) is 30.6 Å². The number of ether oxygens (including phenoxy) is 1. The Balaban J connectivity index is 2.01. The molecule has 0 aromatic heterocycles. The fourth-order valence-corrected chi connectivity index (χ4v) is 2.23. The number of rotatable bonds is 9. The number of benzene rings is 1. The highest BCUT2D eigenvalue weighted by Gasteiger charge is 2.26. The van der Waals surface area contributed by atoms with Gasteiger partial charge in [0.25, 0.3) is 0 Å². The zero-order valence-electron chi connectivity index (χ0n) is 12.7. The van der Waals surface area contributed by atoms with Crippen LogP contribution in [0.1, 0.15) is 26.2 Å². The SMILES string of the molecule is CCCNc1cccc(OCCN(C)C2CC2)c1[N+](=O)[O-]. The van der Waals surface area contributed by atoms with Gasteiger partial charge in [0.1, 0.15) is 12.3 Å². The van der Waals surface area contributed by atoms with E-state index in [4.69, 9.17) is 4.74 Å². The number of likely N-dealkylation sites (N-methyl/N-ethyl adjacent to an activating group) is 1. The van der Waals surface area contributed by atoms with Crippen molar-refractivity contribution in [3.05, 3.63) is 28.3 Å². The Morgan fingerprint density at radius 1 is 1.48 bits per heavy atom. The van der Waals surface area contributed by atoms with Gasteiger partial charge in [-0.05, 0) is 38.4 Å². The third kappa shape index (κ3) is 4.32. The lowest BCUT2D eigenvalue weighted by atomic mass is 10.2.